The Balaban J connectivity index is 2.03. The summed E-state index contributed by atoms with van der Waals surface area (Å²) in [5.41, 5.74) is 2.36. The van der Waals surface area contributed by atoms with Crippen LogP contribution in [0.1, 0.15) is 15.9 Å². The molecule has 0 radical (unpaired) electrons. The van der Waals surface area contributed by atoms with E-state index in [9.17, 15) is 4.79 Å². The van der Waals surface area contributed by atoms with Gasteiger partial charge in [-0.2, -0.15) is 5.10 Å². The van der Waals surface area contributed by atoms with E-state index in [0.29, 0.717) is 24.4 Å². The third kappa shape index (κ3) is 3.68. The van der Waals surface area contributed by atoms with Crippen molar-refractivity contribution in [2.45, 2.75) is 13.5 Å². The Kier molecular flexibility index (Phi) is 4.92. The minimum absolute atomic E-state index is 0.156. The van der Waals surface area contributed by atoms with E-state index < -0.39 is 0 Å². The Morgan fingerprint density at radius 1 is 1.50 bits per heavy atom. The molecule has 2 aromatic rings. The van der Waals surface area contributed by atoms with Gasteiger partial charge in [0.05, 0.1) is 25.0 Å². The van der Waals surface area contributed by atoms with Gasteiger partial charge in [0.15, 0.2) is 0 Å². The van der Waals surface area contributed by atoms with Crippen LogP contribution in [0.4, 0.5) is 5.69 Å². The molecule has 0 atom stereocenters. The molecule has 1 aromatic carbocycles. The molecule has 0 fully saturated rings. The molecule has 5 nitrogen and oxygen atoms in total. The third-order valence-electron chi connectivity index (χ3n) is 2.85. The van der Waals surface area contributed by atoms with Crippen LogP contribution in [0.15, 0.2) is 35.1 Å². The Bertz CT molecular complexity index is 610. The Morgan fingerprint density at radius 3 is 3.00 bits per heavy atom. The molecular weight excluding hydrogens is 322 g/mol. The highest BCUT2D eigenvalue weighted by molar-refractivity contribution is 9.10. The first kappa shape index (κ1) is 14.7. The number of aryl methyl sites for hydroxylation is 1. The summed E-state index contributed by atoms with van der Waals surface area (Å²) in [7, 11) is 1.64. The number of hydrogen-bond acceptors (Lipinski definition) is 3. The zero-order valence-corrected chi connectivity index (χ0v) is 13.0. The summed E-state index contributed by atoms with van der Waals surface area (Å²) in [6.07, 6.45) is 3.40. The number of amides is 1. The second kappa shape index (κ2) is 6.67. The molecule has 0 aliphatic rings. The molecule has 6 heteroatoms. The highest BCUT2D eigenvalue weighted by Crippen LogP contribution is 2.18. The summed E-state index contributed by atoms with van der Waals surface area (Å²) < 4.78 is 7.62. The molecule has 0 aliphatic carbocycles. The van der Waals surface area contributed by atoms with E-state index in [1.807, 2.05) is 13.0 Å². The Morgan fingerprint density at radius 2 is 2.30 bits per heavy atom. The second-order valence-electron chi connectivity index (χ2n) is 4.40. The predicted molar refractivity (Wildman–Crippen MR) is 80.9 cm³/mol. The number of hydrogen-bond donors (Lipinski definition) is 1. The van der Waals surface area contributed by atoms with Gasteiger partial charge < -0.3 is 10.1 Å². The van der Waals surface area contributed by atoms with E-state index in [0.717, 1.165) is 10.0 Å². The molecular formula is C14H16BrN3O2. The SMILES string of the molecule is COCCn1cc(NC(=O)c2ccc(C)c(Br)c2)cn1. The predicted octanol–water partition coefficient (Wildman–Crippen LogP) is 2.85. The van der Waals surface area contributed by atoms with Crippen molar-refractivity contribution in [1.29, 1.82) is 0 Å². The molecule has 0 saturated carbocycles. The minimum Gasteiger partial charge on any atom is -0.383 e. The van der Waals surface area contributed by atoms with Gasteiger partial charge in [0.25, 0.3) is 5.91 Å². The fourth-order valence-electron chi connectivity index (χ4n) is 1.67. The highest BCUT2D eigenvalue weighted by atomic mass is 79.9. The van der Waals surface area contributed by atoms with Crippen LogP contribution in [-0.2, 0) is 11.3 Å². The lowest BCUT2D eigenvalue weighted by molar-refractivity contribution is 0.102. The number of halogens is 1. The van der Waals surface area contributed by atoms with Crippen molar-refractivity contribution in [3.8, 4) is 0 Å². The van der Waals surface area contributed by atoms with Crippen molar-refractivity contribution in [3.63, 3.8) is 0 Å². The van der Waals surface area contributed by atoms with Crippen LogP contribution in [0.25, 0.3) is 0 Å². The first-order valence-electron chi connectivity index (χ1n) is 6.19. The number of carbonyl (C=O) groups excluding carboxylic acids is 1. The monoisotopic (exact) mass is 337 g/mol. The lowest BCUT2D eigenvalue weighted by Crippen LogP contribution is -2.11. The van der Waals surface area contributed by atoms with Gasteiger partial charge in [-0.25, -0.2) is 0 Å². The molecule has 1 amide bonds. The number of benzene rings is 1. The molecule has 1 N–H and O–H groups in total. The molecule has 0 spiro atoms. The van der Waals surface area contributed by atoms with Crippen LogP contribution in [0, 0.1) is 6.92 Å². The number of nitrogens with zero attached hydrogens (tertiary/aromatic N) is 2. The number of methoxy groups -OCH3 is 1. The van der Waals surface area contributed by atoms with Crippen LogP contribution in [-0.4, -0.2) is 29.4 Å². The molecule has 0 bridgehead atoms. The van der Waals surface area contributed by atoms with E-state index >= 15 is 0 Å². The van der Waals surface area contributed by atoms with Crippen LogP contribution in [0.5, 0.6) is 0 Å². The summed E-state index contributed by atoms with van der Waals surface area (Å²) in [6, 6.07) is 5.51. The van der Waals surface area contributed by atoms with Crippen LogP contribution in [0.3, 0.4) is 0 Å². The van der Waals surface area contributed by atoms with E-state index in [4.69, 9.17) is 4.74 Å². The van der Waals surface area contributed by atoms with Gasteiger partial charge in [-0.05, 0) is 24.6 Å². The first-order chi connectivity index (χ1) is 9.60. The maximum atomic E-state index is 12.1. The van der Waals surface area contributed by atoms with E-state index in [1.54, 1.807) is 36.3 Å². The second-order valence-corrected chi connectivity index (χ2v) is 5.26. The van der Waals surface area contributed by atoms with Crippen LogP contribution >= 0.6 is 15.9 Å². The summed E-state index contributed by atoms with van der Waals surface area (Å²) in [5.74, 6) is -0.156. The Hall–Kier alpha value is -1.66. The molecule has 0 aliphatic heterocycles. The van der Waals surface area contributed by atoms with Gasteiger partial charge in [0.2, 0.25) is 0 Å². The first-order valence-corrected chi connectivity index (χ1v) is 6.98. The summed E-state index contributed by atoms with van der Waals surface area (Å²) >= 11 is 3.42. The van der Waals surface area contributed by atoms with Crippen molar-refractivity contribution in [2.75, 3.05) is 19.0 Å². The normalized spacial score (nSPS) is 10.6. The number of anilines is 1. The average molecular weight is 338 g/mol. The third-order valence-corrected chi connectivity index (χ3v) is 3.70. The fourth-order valence-corrected chi connectivity index (χ4v) is 2.05. The topological polar surface area (TPSA) is 56.1 Å². The van der Waals surface area contributed by atoms with E-state index in [1.165, 1.54) is 0 Å². The minimum atomic E-state index is -0.156. The summed E-state index contributed by atoms with van der Waals surface area (Å²) in [4.78, 5) is 12.1. The molecule has 1 heterocycles. The van der Waals surface area contributed by atoms with Crippen molar-refractivity contribution in [3.05, 3.63) is 46.2 Å². The maximum Gasteiger partial charge on any atom is 0.255 e. The highest BCUT2D eigenvalue weighted by Gasteiger charge is 2.08. The summed E-state index contributed by atoms with van der Waals surface area (Å²) in [5, 5.41) is 6.96. The standard InChI is InChI=1S/C14H16BrN3O2/c1-10-3-4-11(7-13(10)15)14(19)17-12-8-16-18(9-12)5-6-20-2/h3-4,7-9H,5-6H2,1-2H3,(H,17,19). The zero-order valence-electron chi connectivity index (χ0n) is 11.4. The van der Waals surface area contributed by atoms with Crippen molar-refractivity contribution < 1.29 is 9.53 Å². The fraction of sp³-hybridized carbons (Fsp3) is 0.286. The number of rotatable bonds is 5. The molecule has 1 aromatic heterocycles. The molecule has 0 saturated heterocycles. The van der Waals surface area contributed by atoms with E-state index in [2.05, 4.69) is 26.3 Å². The molecule has 106 valence electrons. The van der Waals surface area contributed by atoms with Gasteiger partial charge in [0, 0.05) is 23.3 Å². The maximum absolute atomic E-state index is 12.1. The number of nitrogens with one attached hydrogen (secondary N) is 1. The van der Waals surface area contributed by atoms with Crippen molar-refractivity contribution in [2.24, 2.45) is 0 Å². The largest absolute Gasteiger partial charge is 0.383 e. The summed E-state index contributed by atoms with van der Waals surface area (Å²) in [6.45, 7) is 3.22. The van der Waals surface area contributed by atoms with Gasteiger partial charge in [-0.3, -0.25) is 9.48 Å². The van der Waals surface area contributed by atoms with Crippen molar-refractivity contribution >= 4 is 27.5 Å². The number of ether oxygens (including phenoxy) is 1. The zero-order chi connectivity index (χ0) is 14.5. The lowest BCUT2D eigenvalue weighted by atomic mass is 10.1. The number of aromatic nitrogens is 2. The van der Waals surface area contributed by atoms with Gasteiger partial charge in [-0.15, -0.1) is 0 Å². The molecule has 0 unspecified atom stereocenters. The quantitative estimate of drug-likeness (QED) is 0.912. The van der Waals surface area contributed by atoms with Crippen LogP contribution < -0.4 is 5.32 Å². The molecule has 20 heavy (non-hydrogen) atoms. The van der Waals surface area contributed by atoms with Gasteiger partial charge >= 0.3 is 0 Å². The van der Waals surface area contributed by atoms with E-state index in [-0.39, 0.29) is 5.91 Å². The smallest absolute Gasteiger partial charge is 0.255 e. The Labute approximate surface area is 126 Å². The van der Waals surface area contributed by atoms with Gasteiger partial charge in [0.1, 0.15) is 0 Å². The van der Waals surface area contributed by atoms with Gasteiger partial charge in [-0.1, -0.05) is 22.0 Å². The number of carbonyl (C=O) groups is 1. The van der Waals surface area contributed by atoms with Crippen molar-refractivity contribution in [1.82, 2.24) is 9.78 Å². The lowest BCUT2D eigenvalue weighted by Gasteiger charge is -2.04. The molecule has 2 rings (SSSR count). The average Bonchev–Trinajstić information content (AvgIpc) is 2.87. The van der Waals surface area contributed by atoms with Crippen LogP contribution in [0.2, 0.25) is 0 Å².